The molecule has 138 valence electrons. The number of H-pyrrole nitrogens is 1. The van der Waals surface area contributed by atoms with Crippen LogP contribution in [0.2, 0.25) is 0 Å². The molecule has 0 unspecified atom stereocenters. The number of benzene rings is 2. The minimum Gasteiger partial charge on any atom is -0.338 e. The maximum Gasteiger partial charge on any atom is 0.253 e. The number of halogens is 1. The van der Waals surface area contributed by atoms with Gasteiger partial charge in [-0.25, -0.2) is 4.39 Å². The molecule has 3 aromatic rings. The van der Waals surface area contributed by atoms with Crippen LogP contribution in [0.4, 0.5) is 4.39 Å². The molecule has 0 aliphatic carbocycles. The molecule has 1 fully saturated rings. The van der Waals surface area contributed by atoms with Crippen LogP contribution in [-0.2, 0) is 0 Å². The van der Waals surface area contributed by atoms with E-state index in [9.17, 15) is 9.18 Å². The number of nitrogens with zero attached hydrogens (tertiary/aromatic N) is 2. The number of hydrogen-bond donors (Lipinski definition) is 1. The van der Waals surface area contributed by atoms with Crippen molar-refractivity contribution in [2.24, 2.45) is 0 Å². The summed E-state index contributed by atoms with van der Waals surface area (Å²) in [5, 5.41) is 7.33. The Balaban J connectivity index is 1.56. The molecule has 1 aliphatic heterocycles. The number of aryl methyl sites for hydroxylation is 1. The van der Waals surface area contributed by atoms with E-state index in [1.165, 1.54) is 12.1 Å². The fourth-order valence-electron chi connectivity index (χ4n) is 3.82. The van der Waals surface area contributed by atoms with Crippen LogP contribution in [-0.4, -0.2) is 34.1 Å². The summed E-state index contributed by atoms with van der Waals surface area (Å²) in [5.74, 6) is 0.0118. The second kappa shape index (κ2) is 7.35. The molecule has 0 bridgehead atoms. The van der Waals surface area contributed by atoms with Gasteiger partial charge < -0.3 is 4.90 Å². The fourth-order valence-corrected chi connectivity index (χ4v) is 3.82. The number of nitrogens with one attached hydrogen (secondary N) is 1. The van der Waals surface area contributed by atoms with Crippen molar-refractivity contribution in [3.63, 3.8) is 0 Å². The van der Waals surface area contributed by atoms with Crippen LogP contribution in [0.3, 0.4) is 0 Å². The summed E-state index contributed by atoms with van der Waals surface area (Å²) in [7, 11) is 0. The van der Waals surface area contributed by atoms with Gasteiger partial charge in [-0.3, -0.25) is 9.89 Å². The van der Waals surface area contributed by atoms with E-state index < -0.39 is 0 Å². The van der Waals surface area contributed by atoms with Crippen molar-refractivity contribution in [2.75, 3.05) is 13.1 Å². The minimum atomic E-state index is -0.253. The standard InChI is InChI=1S/C22H22FN3O/c1-15-4-2-5-17(12-15)22(27)26-11-3-6-18(14-26)21-20(13-24-25-21)16-7-9-19(23)10-8-16/h2,4-5,7-10,12-13,18H,3,6,11,14H2,1H3,(H,24,25)/t18-/m0/s1. The third-order valence-electron chi connectivity index (χ3n) is 5.21. The van der Waals surface area contributed by atoms with Crippen molar-refractivity contribution in [3.8, 4) is 11.1 Å². The Morgan fingerprint density at radius 1 is 1.22 bits per heavy atom. The molecule has 1 atom stereocenters. The maximum absolute atomic E-state index is 13.2. The number of rotatable bonds is 3. The average Bonchev–Trinajstić information content (AvgIpc) is 3.18. The topological polar surface area (TPSA) is 49.0 Å². The zero-order chi connectivity index (χ0) is 18.8. The second-order valence-corrected chi connectivity index (χ2v) is 7.16. The van der Waals surface area contributed by atoms with E-state index in [0.717, 1.165) is 47.3 Å². The molecule has 2 heterocycles. The van der Waals surface area contributed by atoms with Crippen LogP contribution in [0.5, 0.6) is 0 Å². The summed E-state index contributed by atoms with van der Waals surface area (Å²) in [6.07, 6.45) is 3.72. The third-order valence-corrected chi connectivity index (χ3v) is 5.21. The highest BCUT2D eigenvalue weighted by molar-refractivity contribution is 5.94. The van der Waals surface area contributed by atoms with Gasteiger partial charge in [0.2, 0.25) is 0 Å². The molecule has 1 saturated heterocycles. The zero-order valence-corrected chi connectivity index (χ0v) is 15.3. The predicted octanol–water partition coefficient (Wildman–Crippen LogP) is 4.54. The van der Waals surface area contributed by atoms with Crippen LogP contribution in [0, 0.1) is 12.7 Å². The van der Waals surface area contributed by atoms with E-state index in [-0.39, 0.29) is 17.6 Å². The molecule has 4 nitrogen and oxygen atoms in total. The van der Waals surface area contributed by atoms with Gasteiger partial charge in [0.1, 0.15) is 5.82 Å². The molecular formula is C22H22FN3O. The lowest BCUT2D eigenvalue weighted by atomic mass is 9.90. The van der Waals surface area contributed by atoms with Gasteiger partial charge in [0.25, 0.3) is 5.91 Å². The quantitative estimate of drug-likeness (QED) is 0.742. The lowest BCUT2D eigenvalue weighted by Crippen LogP contribution is -2.39. The van der Waals surface area contributed by atoms with Crippen LogP contribution in [0.15, 0.2) is 54.7 Å². The lowest BCUT2D eigenvalue weighted by molar-refractivity contribution is 0.0706. The number of hydrogen-bond acceptors (Lipinski definition) is 2. The fraction of sp³-hybridized carbons (Fsp3) is 0.273. The Morgan fingerprint density at radius 3 is 2.81 bits per heavy atom. The molecule has 0 radical (unpaired) electrons. The second-order valence-electron chi connectivity index (χ2n) is 7.16. The van der Waals surface area contributed by atoms with Gasteiger partial charge in [0, 0.05) is 35.8 Å². The van der Waals surface area contributed by atoms with Gasteiger partial charge in [-0.1, -0.05) is 29.8 Å². The van der Waals surface area contributed by atoms with E-state index in [4.69, 9.17) is 0 Å². The van der Waals surface area contributed by atoms with E-state index >= 15 is 0 Å². The molecule has 0 saturated carbocycles. The van der Waals surface area contributed by atoms with E-state index in [0.29, 0.717) is 6.54 Å². The molecule has 1 aliphatic rings. The third kappa shape index (κ3) is 3.63. The Bertz CT molecular complexity index is 948. The molecule has 0 spiro atoms. The Kier molecular flexibility index (Phi) is 4.75. The van der Waals surface area contributed by atoms with Gasteiger partial charge >= 0.3 is 0 Å². The van der Waals surface area contributed by atoms with Gasteiger partial charge in [-0.2, -0.15) is 5.10 Å². The first-order chi connectivity index (χ1) is 13.1. The first kappa shape index (κ1) is 17.5. The zero-order valence-electron chi connectivity index (χ0n) is 15.3. The summed E-state index contributed by atoms with van der Waals surface area (Å²) in [4.78, 5) is 14.8. The van der Waals surface area contributed by atoms with Crippen molar-refractivity contribution in [2.45, 2.75) is 25.7 Å². The van der Waals surface area contributed by atoms with Crippen LogP contribution < -0.4 is 0 Å². The van der Waals surface area contributed by atoms with E-state index in [1.54, 1.807) is 18.3 Å². The Morgan fingerprint density at radius 2 is 2.04 bits per heavy atom. The van der Waals surface area contributed by atoms with Gasteiger partial charge in [-0.15, -0.1) is 0 Å². The first-order valence-corrected chi connectivity index (χ1v) is 9.27. The van der Waals surface area contributed by atoms with Crippen LogP contribution >= 0.6 is 0 Å². The van der Waals surface area contributed by atoms with Crippen molar-refractivity contribution in [3.05, 3.63) is 77.4 Å². The molecular weight excluding hydrogens is 341 g/mol. The van der Waals surface area contributed by atoms with Crippen molar-refractivity contribution in [1.29, 1.82) is 0 Å². The molecule has 2 aromatic carbocycles. The van der Waals surface area contributed by atoms with Crippen molar-refractivity contribution in [1.82, 2.24) is 15.1 Å². The number of aromatic amines is 1. The summed E-state index contributed by atoms with van der Waals surface area (Å²) in [6.45, 7) is 3.42. The average molecular weight is 363 g/mol. The summed E-state index contributed by atoms with van der Waals surface area (Å²) >= 11 is 0. The first-order valence-electron chi connectivity index (χ1n) is 9.27. The monoisotopic (exact) mass is 363 g/mol. The number of carbonyl (C=O) groups is 1. The van der Waals surface area contributed by atoms with Crippen LogP contribution in [0.25, 0.3) is 11.1 Å². The van der Waals surface area contributed by atoms with Gasteiger partial charge in [-0.05, 0) is 49.6 Å². The highest BCUT2D eigenvalue weighted by Crippen LogP contribution is 2.33. The SMILES string of the molecule is Cc1cccc(C(=O)N2CCC[C@H](c3[nH]ncc3-c3ccc(F)cc3)C2)c1. The maximum atomic E-state index is 13.2. The molecule has 27 heavy (non-hydrogen) atoms. The Labute approximate surface area is 158 Å². The number of amides is 1. The Hall–Kier alpha value is -2.95. The summed E-state index contributed by atoms with van der Waals surface area (Å²) < 4.78 is 13.2. The number of likely N-dealkylation sites (tertiary alicyclic amines) is 1. The molecule has 1 N–H and O–H groups in total. The van der Waals surface area contributed by atoms with Crippen molar-refractivity contribution < 1.29 is 9.18 Å². The van der Waals surface area contributed by atoms with E-state index in [2.05, 4.69) is 10.2 Å². The lowest BCUT2D eigenvalue weighted by Gasteiger charge is -2.33. The van der Waals surface area contributed by atoms with Gasteiger partial charge in [0.05, 0.1) is 6.20 Å². The predicted molar refractivity (Wildman–Crippen MR) is 103 cm³/mol. The smallest absolute Gasteiger partial charge is 0.253 e. The summed E-state index contributed by atoms with van der Waals surface area (Å²) in [6, 6.07) is 14.2. The molecule has 4 rings (SSSR count). The van der Waals surface area contributed by atoms with Gasteiger partial charge in [0.15, 0.2) is 0 Å². The van der Waals surface area contributed by atoms with E-state index in [1.807, 2.05) is 36.1 Å². The van der Waals surface area contributed by atoms with Crippen LogP contribution in [0.1, 0.15) is 40.4 Å². The summed E-state index contributed by atoms with van der Waals surface area (Å²) in [5.41, 5.74) is 4.75. The number of aromatic nitrogens is 2. The highest BCUT2D eigenvalue weighted by Gasteiger charge is 2.28. The minimum absolute atomic E-state index is 0.0752. The normalized spacial score (nSPS) is 17.1. The molecule has 1 aromatic heterocycles. The number of carbonyl (C=O) groups excluding carboxylic acids is 1. The van der Waals surface area contributed by atoms with Crippen molar-refractivity contribution >= 4 is 5.91 Å². The molecule has 1 amide bonds. The number of piperidine rings is 1. The highest BCUT2D eigenvalue weighted by atomic mass is 19.1. The molecule has 5 heteroatoms. The largest absolute Gasteiger partial charge is 0.338 e.